The van der Waals surface area contributed by atoms with Gasteiger partial charge in [0.15, 0.2) is 0 Å². The maximum atomic E-state index is 11.8. The molecule has 2 N–H and O–H groups in total. The first-order valence-corrected chi connectivity index (χ1v) is 6.78. The van der Waals surface area contributed by atoms with Crippen LogP contribution in [0.4, 0.5) is 0 Å². The lowest BCUT2D eigenvalue weighted by Gasteiger charge is -2.19. The van der Waals surface area contributed by atoms with Crippen molar-refractivity contribution in [3.8, 4) is 5.75 Å². The van der Waals surface area contributed by atoms with E-state index in [2.05, 4.69) is 0 Å². The molecule has 0 fully saturated rings. The van der Waals surface area contributed by atoms with Crippen LogP contribution in [-0.2, 0) is 4.79 Å². The fourth-order valence-corrected chi connectivity index (χ4v) is 1.61. The number of carbonyl (C=O) groups is 1. The van der Waals surface area contributed by atoms with E-state index in [0.29, 0.717) is 24.6 Å². The van der Waals surface area contributed by atoms with E-state index in [4.69, 9.17) is 22.1 Å². The van der Waals surface area contributed by atoms with E-state index in [1.54, 1.807) is 36.2 Å². The number of likely N-dealkylation sites (N-methyl/N-ethyl adjacent to an activating group) is 1. The van der Waals surface area contributed by atoms with Crippen molar-refractivity contribution in [2.75, 3.05) is 20.2 Å². The van der Waals surface area contributed by atoms with Gasteiger partial charge in [-0.25, -0.2) is 0 Å². The van der Waals surface area contributed by atoms with Crippen LogP contribution in [0.25, 0.3) is 0 Å². The van der Waals surface area contributed by atoms with Gasteiger partial charge in [0.05, 0.1) is 6.54 Å². The molecule has 0 aliphatic rings. The molecule has 0 radical (unpaired) electrons. The van der Waals surface area contributed by atoms with Crippen molar-refractivity contribution in [1.29, 1.82) is 0 Å². The number of rotatable bonds is 7. The summed E-state index contributed by atoms with van der Waals surface area (Å²) in [6.07, 6.45) is 1.19. The zero-order chi connectivity index (χ0) is 14.3. The molecular weight excluding hydrogens is 264 g/mol. The first kappa shape index (κ1) is 15.8. The predicted octanol–water partition coefficient (Wildman–Crippen LogP) is 2.30. The summed E-state index contributed by atoms with van der Waals surface area (Å²) in [5.74, 6) is 0.796. The Bertz CT molecular complexity index is 395. The number of amides is 1. The third-order valence-corrected chi connectivity index (χ3v) is 3.15. The SMILES string of the molecule is CCC(N)CC(=O)N(C)CCOc1ccc(Cl)cc1. The summed E-state index contributed by atoms with van der Waals surface area (Å²) >= 11 is 5.78. The molecule has 1 atom stereocenters. The number of ether oxygens (including phenoxy) is 1. The molecule has 0 heterocycles. The molecule has 1 unspecified atom stereocenters. The molecule has 0 bridgehead atoms. The Morgan fingerprint density at radius 2 is 2.05 bits per heavy atom. The molecule has 106 valence electrons. The third-order valence-electron chi connectivity index (χ3n) is 2.90. The van der Waals surface area contributed by atoms with Crippen molar-refractivity contribution in [2.45, 2.75) is 25.8 Å². The predicted molar refractivity (Wildman–Crippen MR) is 77.5 cm³/mol. The second kappa shape index (κ2) is 8.02. The second-order valence-corrected chi connectivity index (χ2v) is 4.93. The number of nitrogens with zero attached hydrogens (tertiary/aromatic N) is 1. The third kappa shape index (κ3) is 5.94. The van der Waals surface area contributed by atoms with E-state index in [1.807, 2.05) is 6.92 Å². The van der Waals surface area contributed by atoms with E-state index in [1.165, 1.54) is 0 Å². The topological polar surface area (TPSA) is 55.6 Å². The minimum atomic E-state index is -0.0628. The van der Waals surface area contributed by atoms with Crippen LogP contribution in [0.3, 0.4) is 0 Å². The molecule has 0 saturated carbocycles. The highest BCUT2D eigenvalue weighted by molar-refractivity contribution is 6.30. The summed E-state index contributed by atoms with van der Waals surface area (Å²) in [7, 11) is 1.76. The molecule has 0 aliphatic carbocycles. The Morgan fingerprint density at radius 3 is 2.63 bits per heavy atom. The van der Waals surface area contributed by atoms with Crippen molar-refractivity contribution >= 4 is 17.5 Å². The van der Waals surface area contributed by atoms with Crippen LogP contribution in [-0.4, -0.2) is 37.0 Å². The summed E-state index contributed by atoms with van der Waals surface area (Å²) in [5, 5.41) is 0.674. The van der Waals surface area contributed by atoms with E-state index in [-0.39, 0.29) is 11.9 Å². The standard InChI is InChI=1S/C14H21ClN2O2/c1-3-12(16)10-14(18)17(2)8-9-19-13-6-4-11(15)5-7-13/h4-7,12H,3,8-10,16H2,1-2H3. The monoisotopic (exact) mass is 284 g/mol. The van der Waals surface area contributed by atoms with Crippen molar-refractivity contribution in [1.82, 2.24) is 4.90 Å². The Morgan fingerprint density at radius 1 is 1.42 bits per heavy atom. The minimum absolute atomic E-state index is 0.0501. The first-order valence-electron chi connectivity index (χ1n) is 6.40. The number of hydrogen-bond donors (Lipinski definition) is 1. The number of hydrogen-bond acceptors (Lipinski definition) is 3. The summed E-state index contributed by atoms with van der Waals surface area (Å²) in [6.45, 7) is 2.96. The van der Waals surface area contributed by atoms with Gasteiger partial charge < -0.3 is 15.4 Å². The molecule has 19 heavy (non-hydrogen) atoms. The fraction of sp³-hybridized carbons (Fsp3) is 0.500. The molecule has 0 aliphatic heterocycles. The molecule has 1 aromatic rings. The van der Waals surface area contributed by atoms with Crippen LogP contribution < -0.4 is 10.5 Å². The van der Waals surface area contributed by atoms with Gasteiger partial charge in [-0.3, -0.25) is 4.79 Å². The maximum Gasteiger partial charge on any atom is 0.223 e. The zero-order valence-corrected chi connectivity index (χ0v) is 12.2. The van der Waals surface area contributed by atoms with Crippen LogP contribution in [0.15, 0.2) is 24.3 Å². The van der Waals surface area contributed by atoms with Crippen molar-refractivity contribution in [3.63, 3.8) is 0 Å². The number of benzene rings is 1. The molecule has 0 saturated heterocycles. The smallest absolute Gasteiger partial charge is 0.223 e. The Labute approximate surface area is 119 Å². The summed E-state index contributed by atoms with van der Waals surface area (Å²) < 4.78 is 5.53. The van der Waals surface area contributed by atoms with Gasteiger partial charge in [-0.2, -0.15) is 0 Å². The Hall–Kier alpha value is -1.26. The summed E-state index contributed by atoms with van der Waals surface area (Å²) in [4.78, 5) is 13.4. The van der Waals surface area contributed by atoms with Gasteiger partial charge in [0.25, 0.3) is 0 Å². The average Bonchev–Trinajstić information content (AvgIpc) is 2.40. The van der Waals surface area contributed by atoms with Gasteiger partial charge in [0.1, 0.15) is 12.4 Å². The maximum absolute atomic E-state index is 11.8. The van der Waals surface area contributed by atoms with E-state index >= 15 is 0 Å². The molecule has 1 aromatic carbocycles. The highest BCUT2D eigenvalue weighted by Gasteiger charge is 2.12. The molecule has 0 aromatic heterocycles. The minimum Gasteiger partial charge on any atom is -0.492 e. The van der Waals surface area contributed by atoms with Crippen LogP contribution >= 0.6 is 11.6 Å². The number of carbonyl (C=O) groups excluding carboxylic acids is 1. The van der Waals surface area contributed by atoms with Gasteiger partial charge in [-0.1, -0.05) is 18.5 Å². The number of nitrogens with two attached hydrogens (primary N) is 1. The van der Waals surface area contributed by atoms with Crippen LogP contribution in [0.1, 0.15) is 19.8 Å². The average molecular weight is 285 g/mol. The van der Waals surface area contributed by atoms with E-state index in [0.717, 1.165) is 12.2 Å². The second-order valence-electron chi connectivity index (χ2n) is 4.49. The van der Waals surface area contributed by atoms with Gasteiger partial charge in [0, 0.05) is 24.5 Å². The van der Waals surface area contributed by atoms with Gasteiger partial charge in [-0.15, -0.1) is 0 Å². The lowest BCUT2D eigenvalue weighted by Crippen LogP contribution is -2.35. The fourth-order valence-electron chi connectivity index (χ4n) is 1.48. The van der Waals surface area contributed by atoms with Crippen LogP contribution in [0.5, 0.6) is 5.75 Å². The highest BCUT2D eigenvalue weighted by Crippen LogP contribution is 2.15. The zero-order valence-electron chi connectivity index (χ0n) is 11.4. The summed E-state index contributed by atoms with van der Waals surface area (Å²) in [5.41, 5.74) is 5.75. The lowest BCUT2D eigenvalue weighted by molar-refractivity contribution is -0.130. The first-order chi connectivity index (χ1) is 9.02. The molecule has 1 amide bonds. The Balaban J connectivity index is 2.28. The van der Waals surface area contributed by atoms with Crippen LogP contribution in [0, 0.1) is 0 Å². The van der Waals surface area contributed by atoms with E-state index in [9.17, 15) is 4.79 Å². The largest absolute Gasteiger partial charge is 0.492 e. The van der Waals surface area contributed by atoms with Crippen molar-refractivity contribution in [2.24, 2.45) is 5.73 Å². The van der Waals surface area contributed by atoms with Crippen molar-refractivity contribution in [3.05, 3.63) is 29.3 Å². The summed E-state index contributed by atoms with van der Waals surface area (Å²) in [6, 6.07) is 7.08. The van der Waals surface area contributed by atoms with Crippen molar-refractivity contribution < 1.29 is 9.53 Å². The molecule has 0 spiro atoms. The van der Waals surface area contributed by atoms with Gasteiger partial charge >= 0.3 is 0 Å². The van der Waals surface area contributed by atoms with E-state index < -0.39 is 0 Å². The molecule has 1 rings (SSSR count). The Kier molecular flexibility index (Phi) is 6.67. The molecule has 4 nitrogen and oxygen atoms in total. The quantitative estimate of drug-likeness (QED) is 0.836. The highest BCUT2D eigenvalue weighted by atomic mass is 35.5. The van der Waals surface area contributed by atoms with Crippen LogP contribution in [0.2, 0.25) is 5.02 Å². The molecular formula is C14H21ClN2O2. The number of halogens is 1. The van der Waals surface area contributed by atoms with Gasteiger partial charge in [0.2, 0.25) is 5.91 Å². The van der Waals surface area contributed by atoms with Gasteiger partial charge in [-0.05, 0) is 30.7 Å². The lowest BCUT2D eigenvalue weighted by atomic mass is 10.1. The normalized spacial score (nSPS) is 12.0. The molecule has 5 heteroatoms.